The van der Waals surface area contributed by atoms with Crippen LogP contribution in [0, 0.1) is 12.3 Å². The molecule has 0 aliphatic carbocycles. The maximum Gasteiger partial charge on any atom is 0.265 e. The van der Waals surface area contributed by atoms with Crippen LogP contribution in [0.3, 0.4) is 0 Å². The van der Waals surface area contributed by atoms with Crippen molar-refractivity contribution in [1.82, 2.24) is 10.2 Å². The molecule has 130 valence electrons. The average Bonchev–Trinajstić information content (AvgIpc) is 2.57. The van der Waals surface area contributed by atoms with Crippen molar-refractivity contribution in [2.45, 2.75) is 6.92 Å². The maximum absolute atomic E-state index is 12.3. The second-order valence-corrected chi connectivity index (χ2v) is 6.17. The summed E-state index contributed by atoms with van der Waals surface area (Å²) in [7, 11) is 1.50. The molecule has 1 heterocycles. The van der Waals surface area contributed by atoms with E-state index >= 15 is 0 Å². The number of benzene rings is 1. The molecule has 0 aromatic heterocycles. The maximum atomic E-state index is 12.3. The first-order valence-corrected chi connectivity index (χ1v) is 8.46. The van der Waals surface area contributed by atoms with E-state index in [0.29, 0.717) is 28.1 Å². The average molecular weight is 423 g/mol. The van der Waals surface area contributed by atoms with E-state index in [1.807, 2.05) is 6.92 Å². The fourth-order valence-corrected chi connectivity index (χ4v) is 2.68. The van der Waals surface area contributed by atoms with Crippen LogP contribution in [0.2, 0.25) is 0 Å². The zero-order valence-corrected chi connectivity index (χ0v) is 16.0. The van der Waals surface area contributed by atoms with Gasteiger partial charge < -0.3 is 9.47 Å². The minimum absolute atomic E-state index is 0.0310. The van der Waals surface area contributed by atoms with Crippen LogP contribution in [0.1, 0.15) is 12.5 Å². The molecule has 1 aromatic carbocycles. The first-order valence-electron chi connectivity index (χ1n) is 7.26. The van der Waals surface area contributed by atoms with Crippen LogP contribution in [0.4, 0.5) is 0 Å². The van der Waals surface area contributed by atoms with Crippen molar-refractivity contribution in [3.8, 4) is 23.8 Å². The normalized spacial score (nSPS) is 15.8. The van der Waals surface area contributed by atoms with Gasteiger partial charge in [0.05, 0.1) is 6.61 Å². The summed E-state index contributed by atoms with van der Waals surface area (Å²) in [5.74, 6) is 2.28. The Labute approximate surface area is 159 Å². The number of amides is 2. The van der Waals surface area contributed by atoms with E-state index in [9.17, 15) is 9.59 Å². The minimum atomic E-state index is -0.550. The van der Waals surface area contributed by atoms with Gasteiger partial charge >= 0.3 is 0 Å². The molecule has 0 spiro atoms. The molecule has 25 heavy (non-hydrogen) atoms. The van der Waals surface area contributed by atoms with Gasteiger partial charge in [-0.25, -0.2) is 0 Å². The predicted molar refractivity (Wildman–Crippen MR) is 101 cm³/mol. The molecule has 1 N–H and O–H groups in total. The molecule has 0 bridgehead atoms. The van der Waals surface area contributed by atoms with E-state index in [-0.39, 0.29) is 17.3 Å². The molecule has 0 saturated carbocycles. The lowest BCUT2D eigenvalue weighted by Crippen LogP contribution is -2.52. The lowest BCUT2D eigenvalue weighted by Gasteiger charge is -2.25. The number of halogens is 1. The molecule has 0 radical (unpaired) electrons. The van der Waals surface area contributed by atoms with Gasteiger partial charge in [0.25, 0.3) is 11.8 Å². The van der Waals surface area contributed by atoms with Gasteiger partial charge in [-0.05, 0) is 42.9 Å². The van der Waals surface area contributed by atoms with Crippen LogP contribution >= 0.6 is 28.1 Å². The first kappa shape index (κ1) is 19.0. The van der Waals surface area contributed by atoms with Crippen molar-refractivity contribution in [1.29, 1.82) is 0 Å². The Balaban J connectivity index is 2.46. The summed E-state index contributed by atoms with van der Waals surface area (Å²) in [6.45, 7) is 2.34. The molecule has 2 rings (SSSR count). The van der Waals surface area contributed by atoms with Crippen molar-refractivity contribution in [3.05, 3.63) is 27.7 Å². The van der Waals surface area contributed by atoms with E-state index in [0.717, 1.165) is 0 Å². The fourth-order valence-electron chi connectivity index (χ4n) is 2.06. The lowest BCUT2D eigenvalue weighted by atomic mass is 10.1. The number of terminal acetylenes is 1. The molecule has 1 aliphatic heterocycles. The standard InChI is InChI=1S/C17H15BrN2O4S/c1-4-6-24-14-9-12(18)10(8-13(14)23-5-2)7-11-15(21)19-17(25)20(3)16(11)22/h1,7-9H,5-6H2,2-3H3,(H,19,21,25). The summed E-state index contributed by atoms with van der Waals surface area (Å²) in [5.41, 5.74) is 0.549. The van der Waals surface area contributed by atoms with Gasteiger partial charge in [-0.1, -0.05) is 21.9 Å². The van der Waals surface area contributed by atoms with Gasteiger partial charge in [-0.2, -0.15) is 0 Å². The number of ether oxygens (including phenoxy) is 2. The van der Waals surface area contributed by atoms with Gasteiger partial charge in [-0.3, -0.25) is 19.8 Å². The van der Waals surface area contributed by atoms with Crippen LogP contribution in [-0.4, -0.2) is 42.1 Å². The van der Waals surface area contributed by atoms with E-state index in [1.165, 1.54) is 18.0 Å². The van der Waals surface area contributed by atoms with Gasteiger partial charge in [0.2, 0.25) is 0 Å². The third kappa shape index (κ3) is 4.18. The highest BCUT2D eigenvalue weighted by Gasteiger charge is 2.31. The second-order valence-electron chi connectivity index (χ2n) is 4.93. The highest BCUT2D eigenvalue weighted by molar-refractivity contribution is 9.10. The number of carbonyl (C=O) groups excluding carboxylic acids is 2. The number of nitrogens with one attached hydrogen (secondary N) is 1. The van der Waals surface area contributed by atoms with Crippen molar-refractivity contribution in [2.24, 2.45) is 0 Å². The summed E-state index contributed by atoms with van der Waals surface area (Å²) in [5, 5.41) is 2.53. The zero-order valence-electron chi connectivity index (χ0n) is 13.6. The quantitative estimate of drug-likeness (QED) is 0.340. The Morgan fingerprint density at radius 2 is 2.04 bits per heavy atom. The SMILES string of the molecule is C#CCOc1cc(Br)c(C=C2C(=O)NC(=S)N(C)C2=O)cc1OCC. The Morgan fingerprint density at radius 1 is 1.36 bits per heavy atom. The molecule has 2 amide bonds. The van der Waals surface area contributed by atoms with Crippen molar-refractivity contribution in [2.75, 3.05) is 20.3 Å². The molecule has 0 atom stereocenters. The number of hydrogen-bond acceptors (Lipinski definition) is 5. The van der Waals surface area contributed by atoms with Crippen molar-refractivity contribution >= 4 is 51.2 Å². The highest BCUT2D eigenvalue weighted by Crippen LogP contribution is 2.35. The number of thiocarbonyl (C=S) groups is 1. The molecule has 1 saturated heterocycles. The Morgan fingerprint density at radius 3 is 2.68 bits per heavy atom. The van der Waals surface area contributed by atoms with E-state index in [1.54, 1.807) is 12.1 Å². The van der Waals surface area contributed by atoms with Crippen LogP contribution < -0.4 is 14.8 Å². The van der Waals surface area contributed by atoms with Crippen LogP contribution in [0.15, 0.2) is 22.2 Å². The minimum Gasteiger partial charge on any atom is -0.490 e. The summed E-state index contributed by atoms with van der Waals surface area (Å²) in [6.07, 6.45) is 6.68. The summed E-state index contributed by atoms with van der Waals surface area (Å²) < 4.78 is 11.6. The molecular formula is C17H15BrN2O4S. The summed E-state index contributed by atoms with van der Waals surface area (Å²) >= 11 is 8.33. The Bertz CT molecular complexity index is 814. The second kappa shape index (κ2) is 8.14. The predicted octanol–water partition coefficient (Wildman–Crippen LogP) is 2.12. The summed E-state index contributed by atoms with van der Waals surface area (Å²) in [4.78, 5) is 25.6. The number of carbonyl (C=O) groups is 2. The molecule has 0 unspecified atom stereocenters. The Kier molecular flexibility index (Phi) is 6.17. The van der Waals surface area contributed by atoms with Crippen molar-refractivity contribution < 1.29 is 19.1 Å². The van der Waals surface area contributed by atoms with Gasteiger partial charge in [0.1, 0.15) is 12.2 Å². The molecule has 1 aromatic rings. The zero-order chi connectivity index (χ0) is 18.6. The topological polar surface area (TPSA) is 67.9 Å². The largest absolute Gasteiger partial charge is 0.490 e. The van der Waals surface area contributed by atoms with E-state index in [2.05, 4.69) is 27.2 Å². The van der Waals surface area contributed by atoms with Crippen LogP contribution in [-0.2, 0) is 9.59 Å². The van der Waals surface area contributed by atoms with Crippen LogP contribution in [0.25, 0.3) is 6.08 Å². The number of rotatable bonds is 5. The third-order valence-corrected chi connectivity index (χ3v) is 4.34. The summed E-state index contributed by atoms with van der Waals surface area (Å²) in [6, 6.07) is 3.34. The Hall–Kier alpha value is -2.37. The molecule has 1 fully saturated rings. The van der Waals surface area contributed by atoms with E-state index < -0.39 is 11.8 Å². The van der Waals surface area contributed by atoms with Gasteiger partial charge in [0.15, 0.2) is 16.6 Å². The van der Waals surface area contributed by atoms with Crippen LogP contribution in [0.5, 0.6) is 11.5 Å². The van der Waals surface area contributed by atoms with Gasteiger partial charge in [-0.15, -0.1) is 6.42 Å². The lowest BCUT2D eigenvalue weighted by molar-refractivity contribution is -0.128. The van der Waals surface area contributed by atoms with E-state index in [4.69, 9.17) is 28.1 Å². The third-order valence-electron chi connectivity index (χ3n) is 3.28. The fraction of sp³-hybridized carbons (Fsp3) is 0.235. The van der Waals surface area contributed by atoms with Gasteiger partial charge in [0, 0.05) is 11.5 Å². The number of hydrogen-bond donors (Lipinski definition) is 1. The molecule has 6 nitrogen and oxygen atoms in total. The smallest absolute Gasteiger partial charge is 0.265 e. The van der Waals surface area contributed by atoms with Crippen molar-refractivity contribution in [3.63, 3.8) is 0 Å². The number of likely N-dealkylation sites (N-methyl/N-ethyl adjacent to an activating group) is 1. The molecular weight excluding hydrogens is 408 g/mol. The monoisotopic (exact) mass is 422 g/mol. The molecule has 1 aliphatic rings. The molecule has 8 heteroatoms. The first-order chi connectivity index (χ1) is 11.9. The number of nitrogens with zero attached hydrogens (tertiary/aromatic N) is 1. The highest BCUT2D eigenvalue weighted by atomic mass is 79.9.